The van der Waals surface area contributed by atoms with Crippen LogP contribution in [0.15, 0.2) is 43.0 Å². The molecule has 6 heteroatoms. The Labute approximate surface area is 145 Å². The summed E-state index contributed by atoms with van der Waals surface area (Å²) < 4.78 is 2.03. The first-order valence-corrected chi connectivity index (χ1v) is 8.33. The Balaban J connectivity index is 1.62. The summed E-state index contributed by atoms with van der Waals surface area (Å²) in [4.78, 5) is 21.0. The second-order valence-electron chi connectivity index (χ2n) is 5.71. The van der Waals surface area contributed by atoms with Crippen LogP contribution in [-0.2, 0) is 6.54 Å². The molecular weight excluding hydrogens is 324 g/mol. The third-order valence-corrected chi connectivity index (χ3v) is 4.16. The molecule has 24 heavy (non-hydrogen) atoms. The van der Waals surface area contributed by atoms with Gasteiger partial charge in [0.2, 0.25) is 0 Å². The number of carbonyl (C=O) groups excluding carboxylic acids is 1. The van der Waals surface area contributed by atoms with E-state index in [0.717, 1.165) is 30.5 Å². The van der Waals surface area contributed by atoms with Crippen molar-refractivity contribution < 1.29 is 4.79 Å². The fourth-order valence-corrected chi connectivity index (χ4v) is 2.88. The van der Waals surface area contributed by atoms with E-state index in [2.05, 4.69) is 15.3 Å². The highest BCUT2D eigenvalue weighted by Gasteiger charge is 2.13. The Hall–Kier alpha value is -2.40. The van der Waals surface area contributed by atoms with E-state index < -0.39 is 0 Å². The van der Waals surface area contributed by atoms with E-state index in [1.165, 1.54) is 0 Å². The quantitative estimate of drug-likeness (QED) is 0.696. The van der Waals surface area contributed by atoms with E-state index in [9.17, 15) is 4.79 Å². The van der Waals surface area contributed by atoms with Crippen molar-refractivity contribution in [3.8, 4) is 0 Å². The maximum absolute atomic E-state index is 12.5. The number of hydrogen-bond acceptors (Lipinski definition) is 3. The highest BCUT2D eigenvalue weighted by molar-refractivity contribution is 6.35. The number of para-hydroxylation sites is 1. The number of rotatable bonds is 6. The third-order valence-electron chi connectivity index (χ3n) is 3.85. The number of carbonyl (C=O) groups is 1. The van der Waals surface area contributed by atoms with Crippen molar-refractivity contribution in [3.63, 3.8) is 0 Å². The van der Waals surface area contributed by atoms with E-state index >= 15 is 0 Å². The van der Waals surface area contributed by atoms with Gasteiger partial charge >= 0.3 is 0 Å². The number of aromatic nitrogens is 3. The molecule has 1 amide bonds. The summed E-state index contributed by atoms with van der Waals surface area (Å²) in [5.41, 5.74) is 2.07. The van der Waals surface area contributed by atoms with Crippen molar-refractivity contribution in [1.29, 1.82) is 0 Å². The summed E-state index contributed by atoms with van der Waals surface area (Å²) in [6.07, 6.45) is 7.40. The molecule has 0 saturated carbocycles. The summed E-state index contributed by atoms with van der Waals surface area (Å²) in [7, 11) is 0. The van der Waals surface area contributed by atoms with E-state index in [1.54, 1.807) is 24.7 Å². The molecule has 0 aliphatic heterocycles. The van der Waals surface area contributed by atoms with Crippen LogP contribution in [0, 0.1) is 6.92 Å². The molecule has 0 spiro atoms. The fraction of sp³-hybridized carbons (Fsp3) is 0.278. The summed E-state index contributed by atoms with van der Waals surface area (Å²) in [5, 5.41) is 4.33. The zero-order valence-electron chi connectivity index (χ0n) is 13.5. The smallest absolute Gasteiger partial charge is 0.252 e. The van der Waals surface area contributed by atoms with Crippen LogP contribution >= 0.6 is 11.6 Å². The average molecular weight is 343 g/mol. The van der Waals surface area contributed by atoms with Crippen LogP contribution in [0.4, 0.5) is 0 Å². The minimum absolute atomic E-state index is 0.0876. The highest BCUT2D eigenvalue weighted by atomic mass is 35.5. The molecule has 2 heterocycles. The number of fused-ring (bicyclic) bond motifs is 1. The molecule has 0 bridgehead atoms. The molecule has 0 atom stereocenters. The molecule has 3 aromatic rings. The highest BCUT2D eigenvalue weighted by Crippen LogP contribution is 2.25. The minimum atomic E-state index is -0.0876. The number of imidazole rings is 1. The van der Waals surface area contributed by atoms with Crippen molar-refractivity contribution in [3.05, 3.63) is 59.3 Å². The molecule has 0 radical (unpaired) electrons. The van der Waals surface area contributed by atoms with Crippen molar-refractivity contribution >= 4 is 28.4 Å². The van der Waals surface area contributed by atoms with Crippen molar-refractivity contribution in [1.82, 2.24) is 19.9 Å². The summed E-state index contributed by atoms with van der Waals surface area (Å²) in [6, 6.07) is 7.30. The van der Waals surface area contributed by atoms with Gasteiger partial charge in [0.25, 0.3) is 5.91 Å². The Kier molecular flexibility index (Phi) is 5.11. The van der Waals surface area contributed by atoms with Gasteiger partial charge in [-0.3, -0.25) is 9.78 Å². The first kappa shape index (κ1) is 16.5. The molecule has 0 aliphatic rings. The topological polar surface area (TPSA) is 59.8 Å². The molecule has 0 saturated heterocycles. The van der Waals surface area contributed by atoms with Gasteiger partial charge in [-0.15, -0.1) is 0 Å². The van der Waals surface area contributed by atoms with Gasteiger partial charge in [0.05, 0.1) is 22.4 Å². The molecule has 5 nitrogen and oxygen atoms in total. The maximum atomic E-state index is 12.5. The standard InChI is InChI=1S/C18H19ClN4O/c1-13-11-15(14-5-4-6-16(19)17(14)22-13)18(24)21-7-2-3-9-23-10-8-20-12-23/h4-6,8,10-12H,2-3,7,9H2,1H3,(H,21,24). The average Bonchev–Trinajstić information content (AvgIpc) is 3.08. The number of aryl methyl sites for hydroxylation is 2. The van der Waals surface area contributed by atoms with Crippen LogP contribution in [0.2, 0.25) is 5.02 Å². The van der Waals surface area contributed by atoms with Crippen LogP contribution in [0.5, 0.6) is 0 Å². The zero-order chi connectivity index (χ0) is 16.9. The lowest BCUT2D eigenvalue weighted by Crippen LogP contribution is -2.25. The van der Waals surface area contributed by atoms with E-state index in [1.807, 2.05) is 29.8 Å². The Morgan fingerprint density at radius 2 is 2.21 bits per heavy atom. The van der Waals surface area contributed by atoms with Gasteiger partial charge < -0.3 is 9.88 Å². The maximum Gasteiger partial charge on any atom is 0.252 e. The van der Waals surface area contributed by atoms with Gasteiger partial charge in [0.1, 0.15) is 0 Å². The van der Waals surface area contributed by atoms with Crippen LogP contribution < -0.4 is 5.32 Å². The molecule has 0 fully saturated rings. The SMILES string of the molecule is Cc1cc(C(=O)NCCCCn2ccnc2)c2cccc(Cl)c2n1. The van der Waals surface area contributed by atoms with E-state index in [4.69, 9.17) is 11.6 Å². The van der Waals surface area contributed by atoms with E-state index in [0.29, 0.717) is 22.6 Å². The monoisotopic (exact) mass is 342 g/mol. The molecular formula is C18H19ClN4O. The molecule has 1 N–H and O–H groups in total. The first-order valence-electron chi connectivity index (χ1n) is 7.95. The summed E-state index contributed by atoms with van der Waals surface area (Å²) in [5.74, 6) is -0.0876. The van der Waals surface area contributed by atoms with Gasteiger partial charge in [-0.1, -0.05) is 23.7 Å². The minimum Gasteiger partial charge on any atom is -0.352 e. The zero-order valence-corrected chi connectivity index (χ0v) is 14.3. The Morgan fingerprint density at radius 3 is 3.00 bits per heavy atom. The predicted molar refractivity (Wildman–Crippen MR) is 95.3 cm³/mol. The molecule has 1 aromatic carbocycles. The number of hydrogen-bond donors (Lipinski definition) is 1. The van der Waals surface area contributed by atoms with Crippen molar-refractivity contribution in [2.24, 2.45) is 0 Å². The number of pyridine rings is 1. The molecule has 124 valence electrons. The van der Waals surface area contributed by atoms with Crippen LogP contribution in [0.3, 0.4) is 0 Å². The Bertz CT molecular complexity index is 846. The fourth-order valence-electron chi connectivity index (χ4n) is 2.66. The lowest BCUT2D eigenvalue weighted by atomic mass is 10.1. The predicted octanol–water partition coefficient (Wildman–Crippen LogP) is 3.60. The Morgan fingerprint density at radius 1 is 1.33 bits per heavy atom. The first-order chi connectivity index (χ1) is 11.6. The van der Waals surface area contributed by atoms with Crippen molar-refractivity contribution in [2.45, 2.75) is 26.3 Å². The molecule has 3 rings (SSSR count). The van der Waals surface area contributed by atoms with Crippen LogP contribution in [-0.4, -0.2) is 27.0 Å². The van der Waals surface area contributed by atoms with Crippen LogP contribution in [0.1, 0.15) is 28.9 Å². The third kappa shape index (κ3) is 3.74. The second kappa shape index (κ2) is 7.45. The van der Waals surface area contributed by atoms with Gasteiger partial charge in [0, 0.05) is 36.6 Å². The van der Waals surface area contributed by atoms with Gasteiger partial charge in [-0.25, -0.2) is 4.98 Å². The lowest BCUT2D eigenvalue weighted by molar-refractivity contribution is 0.0954. The lowest BCUT2D eigenvalue weighted by Gasteiger charge is -2.10. The van der Waals surface area contributed by atoms with Crippen LogP contribution in [0.25, 0.3) is 10.9 Å². The number of unbranched alkanes of at least 4 members (excludes halogenated alkanes) is 1. The molecule has 0 unspecified atom stereocenters. The summed E-state index contributed by atoms with van der Waals surface area (Å²) >= 11 is 6.20. The largest absolute Gasteiger partial charge is 0.352 e. The number of nitrogens with one attached hydrogen (secondary N) is 1. The van der Waals surface area contributed by atoms with Gasteiger partial charge in [-0.2, -0.15) is 0 Å². The summed E-state index contributed by atoms with van der Waals surface area (Å²) in [6.45, 7) is 3.41. The number of halogens is 1. The van der Waals surface area contributed by atoms with Gasteiger partial charge in [0.15, 0.2) is 0 Å². The van der Waals surface area contributed by atoms with E-state index in [-0.39, 0.29) is 5.91 Å². The number of nitrogens with zero attached hydrogens (tertiary/aromatic N) is 3. The number of benzene rings is 1. The number of amides is 1. The molecule has 2 aromatic heterocycles. The van der Waals surface area contributed by atoms with Gasteiger partial charge in [-0.05, 0) is 31.9 Å². The molecule has 0 aliphatic carbocycles. The second-order valence-corrected chi connectivity index (χ2v) is 6.12. The van der Waals surface area contributed by atoms with Crippen molar-refractivity contribution in [2.75, 3.05) is 6.54 Å². The normalized spacial score (nSPS) is 10.9.